The number of rotatable bonds is 2. The predicted octanol–water partition coefficient (Wildman–Crippen LogP) is 3.71. The van der Waals surface area contributed by atoms with Gasteiger partial charge in [-0.25, -0.2) is 0 Å². The lowest BCUT2D eigenvalue weighted by Crippen LogP contribution is -2.52. The smallest absolute Gasteiger partial charge is 0.225 e. The molecule has 0 spiro atoms. The zero-order valence-electron chi connectivity index (χ0n) is 17.0. The molecule has 3 aliphatic rings. The Kier molecular flexibility index (Phi) is 5.95. The van der Waals surface area contributed by atoms with Crippen LogP contribution in [-0.4, -0.2) is 54.5 Å². The number of nitrogens with zero attached hydrogens (tertiary/aromatic N) is 2. The molecule has 5 heteroatoms. The molecule has 2 fully saturated rings. The molecule has 29 heavy (non-hydrogen) atoms. The SMILES string of the molecule is C[C@H]1C[C@@H](C(=O)N2CCN(C3c4ccccc4-c4ccccc43)CC2)CCN1.Cl. The van der Waals surface area contributed by atoms with Gasteiger partial charge in [0.1, 0.15) is 0 Å². The van der Waals surface area contributed by atoms with Crippen LogP contribution in [0.4, 0.5) is 0 Å². The Labute approximate surface area is 179 Å². The normalized spacial score (nSPS) is 24.5. The molecule has 4 nitrogen and oxygen atoms in total. The van der Waals surface area contributed by atoms with Crippen molar-refractivity contribution in [3.05, 3.63) is 59.7 Å². The van der Waals surface area contributed by atoms with Crippen LogP contribution in [0, 0.1) is 5.92 Å². The molecule has 1 amide bonds. The molecule has 2 aromatic rings. The molecule has 2 aliphatic heterocycles. The maximum Gasteiger partial charge on any atom is 0.225 e. The summed E-state index contributed by atoms with van der Waals surface area (Å²) in [6, 6.07) is 18.4. The van der Waals surface area contributed by atoms with Gasteiger partial charge in [-0.3, -0.25) is 9.69 Å². The minimum absolute atomic E-state index is 0. The number of carbonyl (C=O) groups is 1. The minimum Gasteiger partial charge on any atom is -0.340 e. The van der Waals surface area contributed by atoms with Crippen molar-refractivity contribution in [3.8, 4) is 11.1 Å². The van der Waals surface area contributed by atoms with Crippen molar-refractivity contribution in [2.45, 2.75) is 31.8 Å². The third-order valence-corrected chi connectivity index (χ3v) is 6.76. The number of amides is 1. The molecule has 2 atom stereocenters. The first-order valence-corrected chi connectivity index (χ1v) is 10.7. The van der Waals surface area contributed by atoms with Crippen LogP contribution in [-0.2, 0) is 4.79 Å². The highest BCUT2D eigenvalue weighted by Gasteiger charge is 2.36. The van der Waals surface area contributed by atoms with Crippen LogP contribution in [0.2, 0.25) is 0 Å². The Morgan fingerprint density at radius 1 is 0.931 bits per heavy atom. The summed E-state index contributed by atoms with van der Waals surface area (Å²) in [7, 11) is 0. The van der Waals surface area contributed by atoms with Gasteiger partial charge in [-0.1, -0.05) is 48.5 Å². The monoisotopic (exact) mass is 411 g/mol. The van der Waals surface area contributed by atoms with Gasteiger partial charge in [0.05, 0.1) is 6.04 Å². The Morgan fingerprint density at radius 2 is 1.52 bits per heavy atom. The highest BCUT2D eigenvalue weighted by molar-refractivity contribution is 5.85. The third kappa shape index (κ3) is 3.70. The van der Waals surface area contributed by atoms with E-state index < -0.39 is 0 Å². The summed E-state index contributed by atoms with van der Waals surface area (Å²) in [4.78, 5) is 17.7. The van der Waals surface area contributed by atoms with Gasteiger partial charge in [-0.2, -0.15) is 0 Å². The first kappa shape index (κ1) is 20.4. The molecule has 0 aromatic heterocycles. The first-order chi connectivity index (χ1) is 13.7. The van der Waals surface area contributed by atoms with Crippen molar-refractivity contribution >= 4 is 18.3 Å². The number of piperazine rings is 1. The van der Waals surface area contributed by atoms with Gasteiger partial charge < -0.3 is 10.2 Å². The van der Waals surface area contributed by atoms with Crippen LogP contribution < -0.4 is 5.32 Å². The van der Waals surface area contributed by atoms with E-state index in [1.54, 1.807) is 0 Å². The number of halogens is 1. The van der Waals surface area contributed by atoms with Crippen LogP contribution in [0.3, 0.4) is 0 Å². The van der Waals surface area contributed by atoms with Gasteiger partial charge in [0.2, 0.25) is 5.91 Å². The van der Waals surface area contributed by atoms with Gasteiger partial charge in [0.25, 0.3) is 0 Å². The van der Waals surface area contributed by atoms with Crippen LogP contribution >= 0.6 is 12.4 Å². The van der Waals surface area contributed by atoms with E-state index in [4.69, 9.17) is 0 Å². The minimum atomic E-state index is 0. The second-order valence-corrected chi connectivity index (χ2v) is 8.51. The number of hydrogen-bond acceptors (Lipinski definition) is 3. The fourth-order valence-corrected chi connectivity index (χ4v) is 5.34. The molecule has 0 unspecified atom stereocenters. The quantitative estimate of drug-likeness (QED) is 0.818. The summed E-state index contributed by atoms with van der Waals surface area (Å²) < 4.78 is 0. The molecule has 2 heterocycles. The molecule has 0 radical (unpaired) electrons. The predicted molar refractivity (Wildman–Crippen MR) is 119 cm³/mol. The van der Waals surface area contributed by atoms with Gasteiger partial charge in [0, 0.05) is 38.1 Å². The van der Waals surface area contributed by atoms with Gasteiger partial charge in [-0.05, 0) is 48.6 Å². The highest BCUT2D eigenvalue weighted by atomic mass is 35.5. The fourth-order valence-electron chi connectivity index (χ4n) is 5.34. The van der Waals surface area contributed by atoms with Gasteiger partial charge in [0.15, 0.2) is 0 Å². The van der Waals surface area contributed by atoms with E-state index in [0.29, 0.717) is 18.0 Å². The second kappa shape index (κ2) is 8.47. The molecule has 5 rings (SSSR count). The molecule has 1 N–H and O–H groups in total. The van der Waals surface area contributed by atoms with E-state index >= 15 is 0 Å². The average molecular weight is 412 g/mol. The van der Waals surface area contributed by atoms with Crippen molar-refractivity contribution in [3.63, 3.8) is 0 Å². The largest absolute Gasteiger partial charge is 0.340 e. The molecular weight excluding hydrogens is 382 g/mol. The van der Waals surface area contributed by atoms with E-state index in [0.717, 1.165) is 45.6 Å². The standard InChI is InChI=1S/C24H29N3O.ClH/c1-17-16-18(10-11-25-17)24(28)27-14-12-26(13-15-27)23-21-8-4-2-6-19(21)20-7-3-5-9-22(20)23;/h2-9,17-18,23,25H,10-16H2,1H3;1H/t17-,18-;/m0./s1. The maximum absolute atomic E-state index is 13.0. The van der Waals surface area contributed by atoms with Crippen LogP contribution in [0.5, 0.6) is 0 Å². The van der Waals surface area contributed by atoms with E-state index in [-0.39, 0.29) is 18.3 Å². The third-order valence-electron chi connectivity index (χ3n) is 6.76. The van der Waals surface area contributed by atoms with Crippen LogP contribution in [0.1, 0.15) is 36.9 Å². The molecule has 2 aromatic carbocycles. The number of hydrogen-bond donors (Lipinski definition) is 1. The summed E-state index contributed by atoms with van der Waals surface area (Å²) in [5.41, 5.74) is 5.56. The van der Waals surface area contributed by atoms with Gasteiger partial charge >= 0.3 is 0 Å². The number of benzene rings is 2. The highest BCUT2D eigenvalue weighted by Crippen LogP contribution is 2.46. The van der Waals surface area contributed by atoms with E-state index in [1.807, 2.05) is 0 Å². The summed E-state index contributed by atoms with van der Waals surface area (Å²) in [6.45, 7) is 6.73. The van der Waals surface area contributed by atoms with Crippen LogP contribution in [0.25, 0.3) is 11.1 Å². The lowest BCUT2D eigenvalue weighted by Gasteiger charge is -2.40. The van der Waals surface area contributed by atoms with Crippen molar-refractivity contribution < 1.29 is 4.79 Å². The fraction of sp³-hybridized carbons (Fsp3) is 0.458. The zero-order chi connectivity index (χ0) is 19.1. The number of carbonyl (C=O) groups excluding carboxylic acids is 1. The van der Waals surface area contributed by atoms with Crippen molar-refractivity contribution in [2.75, 3.05) is 32.7 Å². The van der Waals surface area contributed by atoms with Crippen molar-refractivity contribution in [1.29, 1.82) is 0 Å². The second-order valence-electron chi connectivity index (χ2n) is 8.51. The zero-order valence-corrected chi connectivity index (χ0v) is 17.8. The van der Waals surface area contributed by atoms with E-state index in [9.17, 15) is 4.79 Å². The molecule has 0 bridgehead atoms. The number of nitrogens with one attached hydrogen (secondary N) is 1. The maximum atomic E-state index is 13.0. The number of fused-ring (bicyclic) bond motifs is 3. The lowest BCUT2D eigenvalue weighted by atomic mass is 9.91. The Bertz CT molecular complexity index is 832. The molecule has 154 valence electrons. The summed E-state index contributed by atoms with van der Waals surface area (Å²) in [5.74, 6) is 0.580. The molecular formula is C24H30ClN3O. The lowest BCUT2D eigenvalue weighted by molar-refractivity contribution is -0.138. The van der Waals surface area contributed by atoms with Crippen molar-refractivity contribution in [2.24, 2.45) is 5.92 Å². The molecule has 1 aliphatic carbocycles. The van der Waals surface area contributed by atoms with E-state index in [2.05, 4.69) is 70.6 Å². The van der Waals surface area contributed by atoms with Crippen LogP contribution in [0.15, 0.2) is 48.5 Å². The van der Waals surface area contributed by atoms with E-state index in [1.165, 1.54) is 22.3 Å². The summed E-state index contributed by atoms with van der Waals surface area (Å²) >= 11 is 0. The molecule has 0 saturated carbocycles. The topological polar surface area (TPSA) is 35.6 Å². The Hall–Kier alpha value is -1.88. The first-order valence-electron chi connectivity index (χ1n) is 10.7. The number of piperidine rings is 1. The average Bonchev–Trinajstić information content (AvgIpc) is 3.08. The Balaban J connectivity index is 0.00000205. The summed E-state index contributed by atoms with van der Waals surface area (Å²) in [6.07, 6.45) is 1.95. The van der Waals surface area contributed by atoms with Crippen molar-refractivity contribution in [1.82, 2.24) is 15.1 Å². The van der Waals surface area contributed by atoms with Gasteiger partial charge in [-0.15, -0.1) is 12.4 Å². The summed E-state index contributed by atoms with van der Waals surface area (Å²) in [5, 5.41) is 3.45. The molecule has 2 saturated heterocycles. The Morgan fingerprint density at radius 3 is 2.10 bits per heavy atom.